The molecule has 1 atom stereocenters. The van der Waals surface area contributed by atoms with Crippen molar-refractivity contribution in [2.75, 3.05) is 19.8 Å². The third kappa shape index (κ3) is 3.98. The molecule has 0 bridgehead atoms. The van der Waals surface area contributed by atoms with Crippen molar-refractivity contribution >= 4 is 0 Å². The van der Waals surface area contributed by atoms with Crippen LogP contribution in [0.15, 0.2) is 18.2 Å². The van der Waals surface area contributed by atoms with Gasteiger partial charge in [0.15, 0.2) is 0 Å². The van der Waals surface area contributed by atoms with Crippen molar-refractivity contribution in [3.05, 3.63) is 29.6 Å². The maximum absolute atomic E-state index is 5.44. The van der Waals surface area contributed by atoms with E-state index in [9.17, 15) is 0 Å². The molecule has 0 saturated heterocycles. The van der Waals surface area contributed by atoms with E-state index in [1.807, 2.05) is 32.0 Å². The van der Waals surface area contributed by atoms with Gasteiger partial charge in [0.2, 0.25) is 0 Å². The highest BCUT2D eigenvalue weighted by Gasteiger charge is 2.11. The molecule has 0 amide bonds. The average Bonchev–Trinajstić information content (AvgIpc) is 2.24. The number of likely N-dealkylation sites (N-methyl/N-ethyl adjacent to an activating group) is 1. The van der Waals surface area contributed by atoms with Crippen LogP contribution in [0.5, 0.6) is 0 Å². The van der Waals surface area contributed by atoms with Crippen LogP contribution in [-0.2, 0) is 4.74 Å². The molecular formula is C12H20N2O. The summed E-state index contributed by atoms with van der Waals surface area (Å²) in [7, 11) is 0. The minimum Gasteiger partial charge on any atom is -0.380 e. The molecular weight excluding hydrogens is 188 g/mol. The predicted molar refractivity (Wildman–Crippen MR) is 61.9 cm³/mol. The SMILES string of the molecule is CCNC(COCC)c1cccc(C)n1. The second-order valence-electron chi connectivity index (χ2n) is 3.47. The first-order chi connectivity index (χ1) is 7.27. The van der Waals surface area contributed by atoms with Gasteiger partial charge in [-0.15, -0.1) is 0 Å². The van der Waals surface area contributed by atoms with Crippen LogP contribution in [0.2, 0.25) is 0 Å². The third-order valence-electron chi connectivity index (χ3n) is 2.21. The number of nitrogens with one attached hydrogen (secondary N) is 1. The minimum atomic E-state index is 0.204. The number of nitrogens with zero attached hydrogens (tertiary/aromatic N) is 1. The van der Waals surface area contributed by atoms with Crippen LogP contribution in [0.3, 0.4) is 0 Å². The highest BCUT2D eigenvalue weighted by atomic mass is 16.5. The van der Waals surface area contributed by atoms with Gasteiger partial charge in [-0.1, -0.05) is 13.0 Å². The molecule has 0 aromatic carbocycles. The van der Waals surface area contributed by atoms with Gasteiger partial charge in [0.25, 0.3) is 0 Å². The molecule has 0 aliphatic rings. The van der Waals surface area contributed by atoms with Crippen LogP contribution >= 0.6 is 0 Å². The fraction of sp³-hybridized carbons (Fsp3) is 0.583. The second-order valence-corrected chi connectivity index (χ2v) is 3.47. The first kappa shape index (κ1) is 12.1. The van der Waals surface area contributed by atoms with Crippen LogP contribution < -0.4 is 5.32 Å². The van der Waals surface area contributed by atoms with Gasteiger partial charge < -0.3 is 10.1 Å². The predicted octanol–water partition coefficient (Wildman–Crippen LogP) is 2.08. The zero-order valence-corrected chi connectivity index (χ0v) is 9.79. The number of aryl methyl sites for hydroxylation is 1. The Morgan fingerprint density at radius 1 is 1.40 bits per heavy atom. The largest absolute Gasteiger partial charge is 0.380 e. The van der Waals surface area contributed by atoms with Gasteiger partial charge in [-0.2, -0.15) is 0 Å². The highest BCUT2D eigenvalue weighted by Crippen LogP contribution is 2.11. The normalized spacial score (nSPS) is 12.7. The number of hydrogen-bond donors (Lipinski definition) is 1. The number of hydrogen-bond acceptors (Lipinski definition) is 3. The fourth-order valence-corrected chi connectivity index (χ4v) is 1.49. The van der Waals surface area contributed by atoms with Gasteiger partial charge in [0, 0.05) is 12.3 Å². The van der Waals surface area contributed by atoms with Crippen molar-refractivity contribution in [2.24, 2.45) is 0 Å². The van der Waals surface area contributed by atoms with Crippen molar-refractivity contribution in [1.82, 2.24) is 10.3 Å². The van der Waals surface area contributed by atoms with Crippen LogP contribution in [0.1, 0.15) is 31.3 Å². The van der Waals surface area contributed by atoms with E-state index in [-0.39, 0.29) is 6.04 Å². The Balaban J connectivity index is 2.69. The molecule has 1 N–H and O–H groups in total. The number of pyridine rings is 1. The smallest absolute Gasteiger partial charge is 0.0732 e. The molecule has 0 aliphatic heterocycles. The van der Waals surface area contributed by atoms with Gasteiger partial charge in [0.1, 0.15) is 0 Å². The molecule has 0 aliphatic carbocycles. The van der Waals surface area contributed by atoms with Crippen LogP contribution in [0, 0.1) is 6.92 Å². The van der Waals surface area contributed by atoms with Crippen LogP contribution in [0.25, 0.3) is 0 Å². The molecule has 1 heterocycles. The first-order valence-electron chi connectivity index (χ1n) is 5.52. The molecule has 1 unspecified atom stereocenters. The van der Waals surface area contributed by atoms with Crippen molar-refractivity contribution in [2.45, 2.75) is 26.8 Å². The molecule has 15 heavy (non-hydrogen) atoms. The molecule has 0 fully saturated rings. The van der Waals surface area contributed by atoms with E-state index in [0.29, 0.717) is 6.61 Å². The maximum Gasteiger partial charge on any atom is 0.0732 e. The molecule has 3 heteroatoms. The second kappa shape index (κ2) is 6.53. The van der Waals surface area contributed by atoms with Crippen molar-refractivity contribution < 1.29 is 4.74 Å². The van der Waals surface area contributed by atoms with Gasteiger partial charge in [-0.3, -0.25) is 4.98 Å². The first-order valence-corrected chi connectivity index (χ1v) is 5.52. The third-order valence-corrected chi connectivity index (χ3v) is 2.21. The molecule has 1 aromatic rings. The summed E-state index contributed by atoms with van der Waals surface area (Å²) < 4.78 is 5.44. The summed E-state index contributed by atoms with van der Waals surface area (Å²) in [5.74, 6) is 0. The number of aromatic nitrogens is 1. The van der Waals surface area contributed by atoms with E-state index in [1.54, 1.807) is 0 Å². The van der Waals surface area contributed by atoms with Crippen LogP contribution in [0.4, 0.5) is 0 Å². The van der Waals surface area contributed by atoms with E-state index in [2.05, 4.69) is 17.2 Å². The van der Waals surface area contributed by atoms with Crippen LogP contribution in [-0.4, -0.2) is 24.7 Å². The average molecular weight is 208 g/mol. The molecule has 0 spiro atoms. The summed E-state index contributed by atoms with van der Waals surface area (Å²) in [6, 6.07) is 6.29. The van der Waals surface area contributed by atoms with E-state index >= 15 is 0 Å². The monoisotopic (exact) mass is 208 g/mol. The zero-order valence-electron chi connectivity index (χ0n) is 9.79. The standard InChI is InChI=1S/C12H20N2O/c1-4-13-12(9-15-5-2)11-8-6-7-10(3)14-11/h6-8,12-13H,4-5,9H2,1-3H3. The molecule has 3 nitrogen and oxygen atoms in total. The lowest BCUT2D eigenvalue weighted by molar-refractivity contribution is 0.122. The number of ether oxygens (including phenoxy) is 1. The van der Waals surface area contributed by atoms with Gasteiger partial charge in [-0.05, 0) is 32.5 Å². The Bertz CT molecular complexity index is 289. The van der Waals surface area contributed by atoms with Crippen molar-refractivity contribution in [3.63, 3.8) is 0 Å². The summed E-state index contributed by atoms with van der Waals surface area (Å²) in [6.07, 6.45) is 0. The lowest BCUT2D eigenvalue weighted by atomic mass is 10.2. The van der Waals surface area contributed by atoms with Gasteiger partial charge in [-0.25, -0.2) is 0 Å². The van der Waals surface area contributed by atoms with Crippen molar-refractivity contribution in [1.29, 1.82) is 0 Å². The summed E-state index contributed by atoms with van der Waals surface area (Å²) in [6.45, 7) is 8.45. The Kier molecular flexibility index (Phi) is 5.29. The minimum absolute atomic E-state index is 0.204. The Labute approximate surface area is 91.9 Å². The van der Waals surface area contributed by atoms with E-state index in [4.69, 9.17) is 4.74 Å². The molecule has 84 valence electrons. The molecule has 1 aromatic heterocycles. The highest BCUT2D eigenvalue weighted by molar-refractivity contribution is 5.13. The Hall–Kier alpha value is -0.930. The Morgan fingerprint density at radius 2 is 2.20 bits per heavy atom. The van der Waals surface area contributed by atoms with Gasteiger partial charge >= 0.3 is 0 Å². The van der Waals surface area contributed by atoms with Crippen molar-refractivity contribution in [3.8, 4) is 0 Å². The lowest BCUT2D eigenvalue weighted by Crippen LogP contribution is -2.26. The lowest BCUT2D eigenvalue weighted by Gasteiger charge is -2.17. The molecule has 0 radical (unpaired) electrons. The topological polar surface area (TPSA) is 34.1 Å². The summed E-state index contributed by atoms with van der Waals surface area (Å²) >= 11 is 0. The van der Waals surface area contributed by atoms with E-state index in [0.717, 1.165) is 24.5 Å². The van der Waals surface area contributed by atoms with Gasteiger partial charge in [0.05, 0.1) is 18.3 Å². The van der Waals surface area contributed by atoms with E-state index in [1.165, 1.54) is 0 Å². The fourth-order valence-electron chi connectivity index (χ4n) is 1.49. The van der Waals surface area contributed by atoms with E-state index < -0.39 is 0 Å². The zero-order chi connectivity index (χ0) is 11.1. The molecule has 0 saturated carbocycles. The molecule has 1 rings (SSSR count). The maximum atomic E-state index is 5.44. The quantitative estimate of drug-likeness (QED) is 0.777. The summed E-state index contributed by atoms with van der Waals surface area (Å²) in [5.41, 5.74) is 2.11. The summed E-state index contributed by atoms with van der Waals surface area (Å²) in [5, 5.41) is 3.37. The Morgan fingerprint density at radius 3 is 2.80 bits per heavy atom. The number of rotatable bonds is 6. The summed E-state index contributed by atoms with van der Waals surface area (Å²) in [4.78, 5) is 4.50.